The van der Waals surface area contributed by atoms with Crippen molar-refractivity contribution in [1.82, 2.24) is 5.32 Å². The van der Waals surface area contributed by atoms with Gasteiger partial charge in [0.25, 0.3) is 0 Å². The summed E-state index contributed by atoms with van der Waals surface area (Å²) in [5.74, 6) is -0.221. The Balaban J connectivity index is 2.07. The monoisotopic (exact) mass is 263 g/mol. The highest BCUT2D eigenvalue weighted by Crippen LogP contribution is 2.29. The molecule has 0 heterocycles. The molecule has 1 aromatic rings. The molecule has 0 radical (unpaired) electrons. The number of aromatic hydroxyl groups is 1. The second-order valence-electron chi connectivity index (χ2n) is 5.13. The number of hydrogen-bond donors (Lipinski definition) is 3. The number of phenols is 1. The Morgan fingerprint density at radius 3 is 2.74 bits per heavy atom. The smallest absolute Gasteiger partial charge is 0.226 e. The van der Waals surface area contributed by atoms with Crippen molar-refractivity contribution in [2.24, 2.45) is 5.92 Å². The van der Waals surface area contributed by atoms with Gasteiger partial charge in [-0.15, -0.1) is 0 Å². The van der Waals surface area contributed by atoms with Crippen molar-refractivity contribution in [3.8, 4) is 5.75 Å². The van der Waals surface area contributed by atoms with Gasteiger partial charge in [-0.05, 0) is 31.7 Å². The summed E-state index contributed by atoms with van der Waals surface area (Å²) >= 11 is 0. The molecule has 1 saturated carbocycles. The zero-order valence-electron chi connectivity index (χ0n) is 11.2. The Morgan fingerprint density at radius 2 is 2.16 bits per heavy atom. The van der Waals surface area contributed by atoms with Gasteiger partial charge in [-0.3, -0.25) is 4.79 Å². The Kier molecular flexibility index (Phi) is 4.43. The molecule has 4 heteroatoms. The molecule has 3 unspecified atom stereocenters. The molecule has 0 spiro atoms. The third kappa shape index (κ3) is 3.07. The van der Waals surface area contributed by atoms with E-state index < -0.39 is 6.10 Å². The Bertz CT molecular complexity index is 447. The van der Waals surface area contributed by atoms with Crippen molar-refractivity contribution in [3.63, 3.8) is 0 Å². The minimum absolute atomic E-state index is 0.111. The number of nitrogens with one attached hydrogen (secondary N) is 1. The van der Waals surface area contributed by atoms with E-state index in [9.17, 15) is 15.0 Å². The van der Waals surface area contributed by atoms with Crippen molar-refractivity contribution in [2.45, 2.75) is 44.8 Å². The van der Waals surface area contributed by atoms with Crippen molar-refractivity contribution in [2.75, 3.05) is 0 Å². The first-order valence-corrected chi connectivity index (χ1v) is 6.89. The number of phenolic OH excluding ortho intramolecular Hbond substituents is 1. The lowest BCUT2D eigenvalue weighted by atomic mass is 10.0. The lowest BCUT2D eigenvalue weighted by molar-refractivity contribution is -0.128. The number of carbonyl (C=O) groups excluding carboxylic acids is 1. The summed E-state index contributed by atoms with van der Waals surface area (Å²) in [6.45, 7) is 1.96. The summed E-state index contributed by atoms with van der Waals surface area (Å²) in [6.07, 6.45) is 2.51. The van der Waals surface area contributed by atoms with E-state index in [0.29, 0.717) is 12.8 Å². The van der Waals surface area contributed by atoms with Crippen LogP contribution in [-0.4, -0.2) is 22.2 Å². The van der Waals surface area contributed by atoms with Gasteiger partial charge in [0.2, 0.25) is 5.91 Å². The van der Waals surface area contributed by atoms with Crippen LogP contribution in [0.25, 0.3) is 0 Å². The molecule has 4 nitrogen and oxygen atoms in total. The second-order valence-corrected chi connectivity index (χ2v) is 5.13. The molecule has 1 aliphatic carbocycles. The van der Waals surface area contributed by atoms with Gasteiger partial charge in [-0.1, -0.05) is 25.1 Å². The average molecular weight is 263 g/mol. The molecule has 1 amide bonds. The van der Waals surface area contributed by atoms with E-state index in [1.54, 1.807) is 12.1 Å². The number of para-hydroxylation sites is 1. The van der Waals surface area contributed by atoms with E-state index in [1.807, 2.05) is 19.1 Å². The molecule has 104 valence electrons. The van der Waals surface area contributed by atoms with Crippen molar-refractivity contribution in [1.29, 1.82) is 0 Å². The molecule has 2 rings (SSSR count). The normalized spacial score (nSPS) is 24.1. The van der Waals surface area contributed by atoms with Crippen LogP contribution >= 0.6 is 0 Å². The van der Waals surface area contributed by atoms with Gasteiger partial charge in [0.15, 0.2) is 0 Å². The molecule has 1 aliphatic rings. The van der Waals surface area contributed by atoms with Crippen molar-refractivity contribution in [3.05, 3.63) is 29.8 Å². The van der Waals surface area contributed by atoms with Crippen molar-refractivity contribution < 1.29 is 15.0 Å². The van der Waals surface area contributed by atoms with Crippen LogP contribution < -0.4 is 5.32 Å². The van der Waals surface area contributed by atoms with Crippen LogP contribution in [0, 0.1) is 5.92 Å². The standard InChI is InChI=1S/C15H21NO3/c1-2-12(10-6-3-4-8-13(10)17)16-15(19)11-7-5-9-14(11)18/h3-4,6,8,11-12,14,17-18H,2,5,7,9H2,1H3,(H,16,19). The first kappa shape index (κ1) is 13.9. The molecule has 0 aromatic heterocycles. The Labute approximate surface area is 113 Å². The van der Waals surface area contributed by atoms with Crippen LogP contribution in [-0.2, 0) is 4.79 Å². The first-order valence-electron chi connectivity index (χ1n) is 6.89. The van der Waals surface area contributed by atoms with Gasteiger partial charge in [0.1, 0.15) is 5.75 Å². The average Bonchev–Trinajstić information content (AvgIpc) is 2.83. The number of amides is 1. The molecule has 0 bridgehead atoms. The topological polar surface area (TPSA) is 69.6 Å². The lowest BCUT2D eigenvalue weighted by Crippen LogP contribution is -2.37. The van der Waals surface area contributed by atoms with E-state index in [1.165, 1.54) is 0 Å². The first-order chi connectivity index (χ1) is 9.13. The predicted octanol–water partition coefficient (Wildman–Crippen LogP) is 2.12. The molecular formula is C15H21NO3. The maximum atomic E-state index is 12.2. The SMILES string of the molecule is CCC(NC(=O)C1CCCC1O)c1ccccc1O. The van der Waals surface area contributed by atoms with Gasteiger partial charge < -0.3 is 15.5 Å². The highest BCUT2D eigenvalue weighted by atomic mass is 16.3. The van der Waals surface area contributed by atoms with Gasteiger partial charge in [0, 0.05) is 5.56 Å². The van der Waals surface area contributed by atoms with E-state index in [-0.39, 0.29) is 23.6 Å². The van der Waals surface area contributed by atoms with Gasteiger partial charge in [-0.25, -0.2) is 0 Å². The molecule has 0 aliphatic heterocycles. The van der Waals surface area contributed by atoms with Crippen LogP contribution in [0.2, 0.25) is 0 Å². The van der Waals surface area contributed by atoms with Crippen LogP contribution in [0.15, 0.2) is 24.3 Å². The molecule has 1 aromatic carbocycles. The van der Waals surface area contributed by atoms with E-state index in [4.69, 9.17) is 0 Å². The van der Waals surface area contributed by atoms with Crippen LogP contribution in [0.1, 0.15) is 44.2 Å². The summed E-state index contributed by atoms with van der Waals surface area (Å²) in [5.41, 5.74) is 0.728. The number of rotatable bonds is 4. The minimum Gasteiger partial charge on any atom is -0.508 e. The fraction of sp³-hybridized carbons (Fsp3) is 0.533. The summed E-state index contributed by atoms with van der Waals surface area (Å²) < 4.78 is 0. The van der Waals surface area contributed by atoms with E-state index in [0.717, 1.165) is 18.4 Å². The number of aliphatic hydroxyl groups is 1. The summed E-state index contributed by atoms with van der Waals surface area (Å²) in [5, 5.41) is 22.5. The largest absolute Gasteiger partial charge is 0.508 e. The molecule has 1 fully saturated rings. The number of aliphatic hydroxyl groups excluding tert-OH is 1. The van der Waals surface area contributed by atoms with Gasteiger partial charge in [-0.2, -0.15) is 0 Å². The fourth-order valence-electron chi connectivity index (χ4n) is 2.71. The molecular weight excluding hydrogens is 242 g/mol. The maximum Gasteiger partial charge on any atom is 0.226 e. The number of benzene rings is 1. The highest BCUT2D eigenvalue weighted by Gasteiger charge is 2.32. The molecule has 3 N–H and O–H groups in total. The molecule has 0 saturated heterocycles. The third-order valence-electron chi connectivity index (χ3n) is 3.85. The van der Waals surface area contributed by atoms with Crippen molar-refractivity contribution >= 4 is 5.91 Å². The number of carbonyl (C=O) groups is 1. The quantitative estimate of drug-likeness (QED) is 0.779. The predicted molar refractivity (Wildman–Crippen MR) is 72.6 cm³/mol. The Hall–Kier alpha value is -1.55. The third-order valence-corrected chi connectivity index (χ3v) is 3.85. The van der Waals surface area contributed by atoms with Crippen LogP contribution in [0.3, 0.4) is 0 Å². The molecule has 3 atom stereocenters. The second kappa shape index (κ2) is 6.06. The minimum atomic E-state index is -0.526. The van der Waals surface area contributed by atoms with E-state index in [2.05, 4.69) is 5.32 Å². The zero-order valence-corrected chi connectivity index (χ0v) is 11.2. The Morgan fingerprint density at radius 1 is 1.42 bits per heavy atom. The van der Waals surface area contributed by atoms with Gasteiger partial charge in [0.05, 0.1) is 18.1 Å². The summed E-state index contributed by atoms with van der Waals surface area (Å²) in [4.78, 5) is 12.2. The zero-order chi connectivity index (χ0) is 13.8. The maximum absolute atomic E-state index is 12.2. The van der Waals surface area contributed by atoms with Crippen LogP contribution in [0.5, 0.6) is 5.75 Å². The fourth-order valence-corrected chi connectivity index (χ4v) is 2.71. The number of hydrogen-bond acceptors (Lipinski definition) is 3. The summed E-state index contributed by atoms with van der Waals surface area (Å²) in [6, 6.07) is 6.83. The van der Waals surface area contributed by atoms with Gasteiger partial charge >= 0.3 is 0 Å². The highest BCUT2D eigenvalue weighted by molar-refractivity contribution is 5.80. The molecule has 19 heavy (non-hydrogen) atoms. The summed E-state index contributed by atoms with van der Waals surface area (Å²) in [7, 11) is 0. The lowest BCUT2D eigenvalue weighted by Gasteiger charge is -2.22. The van der Waals surface area contributed by atoms with Crippen LogP contribution in [0.4, 0.5) is 0 Å². The van der Waals surface area contributed by atoms with E-state index >= 15 is 0 Å².